The van der Waals surface area contributed by atoms with E-state index < -0.39 is 5.82 Å². The topological polar surface area (TPSA) is 77.6 Å². The van der Waals surface area contributed by atoms with E-state index >= 15 is 0 Å². The largest absolute Gasteiger partial charge is 0.368 e. The Labute approximate surface area is 131 Å². The zero-order valence-electron chi connectivity index (χ0n) is 11.8. The number of hydrogen-bond acceptors (Lipinski definition) is 5. The molecule has 0 aliphatic rings. The maximum Gasteiger partial charge on any atom is 0.220 e. The molecule has 0 aromatic carbocycles. The molecule has 5 nitrogen and oxygen atoms in total. The van der Waals surface area contributed by atoms with Crippen LogP contribution >= 0.6 is 11.6 Å². The zero-order chi connectivity index (χ0) is 15.7. The summed E-state index contributed by atoms with van der Waals surface area (Å²) >= 11 is 5.73. The summed E-state index contributed by atoms with van der Waals surface area (Å²) in [5, 5.41) is -0.179. The van der Waals surface area contributed by atoms with Crippen molar-refractivity contribution in [3.63, 3.8) is 0 Å². The van der Waals surface area contributed by atoms with E-state index in [1.807, 2.05) is 6.92 Å². The number of nitrogens with zero attached hydrogens (tertiary/aromatic N) is 4. The summed E-state index contributed by atoms with van der Waals surface area (Å²) in [5.41, 5.74) is 8.49. The van der Waals surface area contributed by atoms with Crippen molar-refractivity contribution in [2.45, 2.75) is 19.8 Å². The summed E-state index contributed by atoms with van der Waals surface area (Å²) in [7, 11) is 0. The molecule has 0 saturated heterocycles. The Bertz CT molecular complexity index is 853. The maximum atomic E-state index is 14.1. The highest BCUT2D eigenvalue weighted by molar-refractivity contribution is 6.29. The molecule has 3 heterocycles. The maximum absolute atomic E-state index is 14.1. The number of aryl methyl sites for hydroxylation is 1. The van der Waals surface area contributed by atoms with Crippen LogP contribution in [0.2, 0.25) is 5.15 Å². The van der Waals surface area contributed by atoms with Crippen LogP contribution in [0, 0.1) is 5.82 Å². The number of pyridine rings is 2. The van der Waals surface area contributed by atoms with Crippen LogP contribution in [-0.2, 0) is 6.42 Å². The molecule has 0 saturated carbocycles. The summed E-state index contributed by atoms with van der Waals surface area (Å²) in [5.74, 6) is -0.381. The SMILES string of the molecule is CCCc1nc(N)nc2ccc(-c3ccnc(Cl)c3F)nc12. The molecule has 3 aromatic heterocycles. The molecule has 2 N–H and O–H groups in total. The minimum atomic E-state index is -0.593. The Hall–Kier alpha value is -2.34. The molecule has 22 heavy (non-hydrogen) atoms. The quantitative estimate of drug-likeness (QED) is 0.749. The molecule has 112 valence electrons. The van der Waals surface area contributed by atoms with E-state index in [0.717, 1.165) is 18.5 Å². The number of fused-ring (bicyclic) bond motifs is 1. The van der Waals surface area contributed by atoms with Gasteiger partial charge in [0.25, 0.3) is 0 Å². The second kappa shape index (κ2) is 5.81. The van der Waals surface area contributed by atoms with Crippen molar-refractivity contribution in [2.24, 2.45) is 0 Å². The molecule has 0 unspecified atom stereocenters. The number of hydrogen-bond donors (Lipinski definition) is 1. The molecule has 7 heteroatoms. The van der Waals surface area contributed by atoms with Gasteiger partial charge in [-0.05, 0) is 24.6 Å². The minimum absolute atomic E-state index is 0.179. The van der Waals surface area contributed by atoms with E-state index in [1.165, 1.54) is 12.3 Å². The standard InChI is InChI=1S/C15H13ClFN5/c1-2-3-10-13-11(22-15(18)21-10)5-4-9(20-13)8-6-7-19-14(16)12(8)17/h4-7H,2-3H2,1H3,(H2,18,21,22). The fraction of sp³-hybridized carbons (Fsp3) is 0.200. The smallest absolute Gasteiger partial charge is 0.220 e. The van der Waals surface area contributed by atoms with Gasteiger partial charge in [0.05, 0.1) is 16.9 Å². The van der Waals surface area contributed by atoms with Crippen LogP contribution in [0.25, 0.3) is 22.3 Å². The molecule has 0 amide bonds. The monoisotopic (exact) mass is 317 g/mol. The average Bonchev–Trinajstić information content (AvgIpc) is 2.50. The lowest BCUT2D eigenvalue weighted by Crippen LogP contribution is -2.03. The molecule has 0 radical (unpaired) electrons. The summed E-state index contributed by atoms with van der Waals surface area (Å²) in [6.45, 7) is 2.04. The van der Waals surface area contributed by atoms with E-state index in [1.54, 1.807) is 12.1 Å². The number of rotatable bonds is 3. The lowest BCUT2D eigenvalue weighted by molar-refractivity contribution is 0.625. The Morgan fingerprint density at radius 3 is 2.77 bits per heavy atom. The highest BCUT2D eigenvalue weighted by atomic mass is 35.5. The number of nitrogen functional groups attached to an aromatic ring is 1. The average molecular weight is 318 g/mol. The van der Waals surface area contributed by atoms with Gasteiger partial charge in [-0.1, -0.05) is 24.9 Å². The van der Waals surface area contributed by atoms with E-state index in [2.05, 4.69) is 19.9 Å². The van der Waals surface area contributed by atoms with E-state index in [0.29, 0.717) is 22.3 Å². The third-order valence-electron chi connectivity index (χ3n) is 3.24. The second-order valence-electron chi connectivity index (χ2n) is 4.81. The van der Waals surface area contributed by atoms with E-state index in [4.69, 9.17) is 17.3 Å². The predicted octanol–water partition coefficient (Wildman–Crippen LogP) is 3.41. The molecule has 0 fully saturated rings. The van der Waals surface area contributed by atoms with E-state index in [9.17, 15) is 4.39 Å². The first kappa shape index (κ1) is 14.6. The third kappa shape index (κ3) is 2.57. The van der Waals surface area contributed by atoms with Gasteiger partial charge in [-0.2, -0.15) is 0 Å². The first-order valence-electron chi connectivity index (χ1n) is 6.83. The predicted molar refractivity (Wildman–Crippen MR) is 83.9 cm³/mol. The number of aromatic nitrogens is 4. The van der Waals surface area contributed by atoms with Crippen molar-refractivity contribution in [1.29, 1.82) is 0 Å². The summed E-state index contributed by atoms with van der Waals surface area (Å²) < 4.78 is 14.1. The molecule has 0 spiro atoms. The Balaban J connectivity index is 2.22. The van der Waals surface area contributed by atoms with Gasteiger partial charge in [0, 0.05) is 11.8 Å². The van der Waals surface area contributed by atoms with Gasteiger partial charge in [-0.3, -0.25) is 0 Å². The van der Waals surface area contributed by atoms with Gasteiger partial charge in [0.15, 0.2) is 11.0 Å². The minimum Gasteiger partial charge on any atom is -0.368 e. The summed E-state index contributed by atoms with van der Waals surface area (Å²) in [6.07, 6.45) is 3.06. The second-order valence-corrected chi connectivity index (χ2v) is 5.16. The number of halogens is 2. The van der Waals surface area contributed by atoms with Crippen LogP contribution in [0.4, 0.5) is 10.3 Å². The Kier molecular flexibility index (Phi) is 3.85. The van der Waals surface area contributed by atoms with Gasteiger partial charge in [-0.25, -0.2) is 24.3 Å². The Morgan fingerprint density at radius 2 is 2.00 bits per heavy atom. The van der Waals surface area contributed by atoms with Crippen molar-refractivity contribution in [1.82, 2.24) is 19.9 Å². The van der Waals surface area contributed by atoms with Crippen LogP contribution in [0.1, 0.15) is 19.0 Å². The van der Waals surface area contributed by atoms with Gasteiger partial charge in [0.1, 0.15) is 5.52 Å². The fourth-order valence-electron chi connectivity index (χ4n) is 2.27. The van der Waals surface area contributed by atoms with Crippen molar-refractivity contribution in [3.8, 4) is 11.3 Å². The molecule has 0 atom stereocenters. The molecule has 0 aliphatic carbocycles. The third-order valence-corrected chi connectivity index (χ3v) is 3.50. The molecule has 0 aliphatic heterocycles. The normalized spacial score (nSPS) is 11.0. The fourth-order valence-corrected chi connectivity index (χ4v) is 2.43. The van der Waals surface area contributed by atoms with Crippen molar-refractivity contribution >= 4 is 28.6 Å². The van der Waals surface area contributed by atoms with Crippen LogP contribution in [0.5, 0.6) is 0 Å². The summed E-state index contributed by atoms with van der Waals surface area (Å²) in [4.78, 5) is 16.6. The van der Waals surface area contributed by atoms with Crippen LogP contribution in [0.15, 0.2) is 24.4 Å². The zero-order valence-corrected chi connectivity index (χ0v) is 12.6. The molecule has 0 bridgehead atoms. The lowest BCUT2D eigenvalue weighted by Gasteiger charge is -2.08. The highest BCUT2D eigenvalue weighted by Gasteiger charge is 2.13. The van der Waals surface area contributed by atoms with E-state index in [-0.39, 0.29) is 11.1 Å². The lowest BCUT2D eigenvalue weighted by atomic mass is 10.1. The van der Waals surface area contributed by atoms with Crippen molar-refractivity contribution in [3.05, 3.63) is 41.1 Å². The molecule has 3 rings (SSSR count). The van der Waals surface area contributed by atoms with Crippen molar-refractivity contribution < 1.29 is 4.39 Å². The molecular weight excluding hydrogens is 305 g/mol. The van der Waals surface area contributed by atoms with Crippen LogP contribution < -0.4 is 5.73 Å². The van der Waals surface area contributed by atoms with Crippen LogP contribution in [0.3, 0.4) is 0 Å². The summed E-state index contributed by atoms with van der Waals surface area (Å²) in [6, 6.07) is 4.97. The van der Waals surface area contributed by atoms with Gasteiger partial charge < -0.3 is 5.73 Å². The van der Waals surface area contributed by atoms with Gasteiger partial charge >= 0.3 is 0 Å². The first-order chi connectivity index (χ1) is 10.6. The number of nitrogens with two attached hydrogens (primary N) is 1. The highest BCUT2D eigenvalue weighted by Crippen LogP contribution is 2.27. The molecular formula is C15H13ClFN5. The molecule has 3 aromatic rings. The van der Waals surface area contributed by atoms with Crippen LogP contribution in [-0.4, -0.2) is 19.9 Å². The Morgan fingerprint density at radius 1 is 1.18 bits per heavy atom. The van der Waals surface area contributed by atoms with Gasteiger partial charge in [-0.15, -0.1) is 0 Å². The first-order valence-corrected chi connectivity index (χ1v) is 7.21. The number of anilines is 1. The van der Waals surface area contributed by atoms with Crippen molar-refractivity contribution in [2.75, 3.05) is 5.73 Å². The van der Waals surface area contributed by atoms with Gasteiger partial charge in [0.2, 0.25) is 5.95 Å².